The molecule has 9 heteroatoms. The maximum absolute atomic E-state index is 12.7. The van der Waals surface area contributed by atoms with Crippen LogP contribution in [-0.4, -0.2) is 24.2 Å². The molecule has 1 aromatic carbocycles. The molecule has 0 aliphatic rings. The highest BCUT2D eigenvalue weighted by molar-refractivity contribution is 7.89. The Hall–Kier alpha value is -1.48. The molecule has 22 heavy (non-hydrogen) atoms. The van der Waals surface area contributed by atoms with Crippen LogP contribution in [0.3, 0.4) is 0 Å². The van der Waals surface area contributed by atoms with E-state index in [4.69, 9.17) is 11.6 Å². The number of halogens is 1. The molecule has 1 aromatic heterocycles. The van der Waals surface area contributed by atoms with Gasteiger partial charge in [0, 0.05) is 24.0 Å². The quantitative estimate of drug-likeness (QED) is 0.583. The molecule has 0 atom stereocenters. The molecule has 118 valence electrons. The second-order valence-corrected chi connectivity index (χ2v) is 8.07. The van der Waals surface area contributed by atoms with Crippen molar-refractivity contribution in [1.29, 1.82) is 0 Å². The number of rotatable bonds is 6. The summed E-state index contributed by atoms with van der Waals surface area (Å²) in [6, 6.07) is 8.76. The summed E-state index contributed by atoms with van der Waals surface area (Å²) in [6.45, 7) is 2.01. The molecule has 0 fully saturated rings. The largest absolute Gasteiger partial charge is 0.289 e. The number of nitrogens with zero attached hydrogens (tertiary/aromatic N) is 2. The lowest BCUT2D eigenvalue weighted by Crippen LogP contribution is -2.30. The highest BCUT2D eigenvalue weighted by atomic mass is 35.5. The van der Waals surface area contributed by atoms with Crippen LogP contribution < -0.4 is 0 Å². The van der Waals surface area contributed by atoms with E-state index in [1.807, 2.05) is 0 Å². The van der Waals surface area contributed by atoms with E-state index < -0.39 is 20.6 Å². The lowest BCUT2D eigenvalue weighted by Gasteiger charge is -2.19. The van der Waals surface area contributed by atoms with E-state index in [2.05, 4.69) is 0 Å². The van der Waals surface area contributed by atoms with Crippen molar-refractivity contribution in [3.8, 4) is 0 Å². The molecule has 2 aromatic rings. The molecule has 0 radical (unpaired) electrons. The molecule has 0 saturated carbocycles. The van der Waals surface area contributed by atoms with Gasteiger partial charge in [0.15, 0.2) is 4.90 Å². The molecular weight excluding hydrogens is 348 g/mol. The number of para-hydroxylation sites is 1. The number of benzene rings is 1. The standard InChI is InChI=1S/C13H13ClN2O4S2/c1-2-15(9-10-7-8-13(14)21-10)22(19,20)12-6-4-3-5-11(12)16(17)18/h3-8H,2,9H2,1H3. The highest BCUT2D eigenvalue weighted by Crippen LogP contribution is 2.29. The zero-order chi connectivity index (χ0) is 16.3. The fourth-order valence-corrected chi connectivity index (χ4v) is 4.71. The molecule has 6 nitrogen and oxygen atoms in total. The SMILES string of the molecule is CCN(Cc1ccc(Cl)s1)S(=O)(=O)c1ccccc1[N+](=O)[O-]. The minimum absolute atomic E-state index is 0.127. The van der Waals surface area contributed by atoms with E-state index in [0.29, 0.717) is 4.34 Å². The van der Waals surface area contributed by atoms with Crippen molar-refractivity contribution in [2.45, 2.75) is 18.4 Å². The molecule has 1 heterocycles. The van der Waals surface area contributed by atoms with Gasteiger partial charge in [0.2, 0.25) is 10.0 Å². The Morgan fingerprint density at radius 3 is 2.50 bits per heavy atom. The van der Waals surface area contributed by atoms with Gasteiger partial charge in [-0.25, -0.2) is 8.42 Å². The summed E-state index contributed by atoms with van der Waals surface area (Å²) in [5.74, 6) is 0. The molecule has 0 spiro atoms. The molecule has 0 aliphatic heterocycles. The predicted molar refractivity (Wildman–Crippen MR) is 85.7 cm³/mol. The van der Waals surface area contributed by atoms with Gasteiger partial charge in [0.05, 0.1) is 9.26 Å². The molecule has 2 rings (SSSR count). The normalized spacial score (nSPS) is 11.8. The highest BCUT2D eigenvalue weighted by Gasteiger charge is 2.30. The van der Waals surface area contributed by atoms with Crippen LogP contribution in [0.1, 0.15) is 11.8 Å². The molecule has 0 unspecified atom stereocenters. The summed E-state index contributed by atoms with van der Waals surface area (Å²) in [4.78, 5) is 10.8. The third-order valence-electron chi connectivity index (χ3n) is 2.99. The van der Waals surface area contributed by atoms with Crippen LogP contribution in [0.4, 0.5) is 5.69 Å². The van der Waals surface area contributed by atoms with Gasteiger partial charge in [-0.15, -0.1) is 11.3 Å². The zero-order valence-corrected chi connectivity index (χ0v) is 14.0. The lowest BCUT2D eigenvalue weighted by atomic mass is 10.3. The minimum Gasteiger partial charge on any atom is -0.258 e. The van der Waals surface area contributed by atoms with Gasteiger partial charge in [-0.3, -0.25) is 10.1 Å². The van der Waals surface area contributed by atoms with Gasteiger partial charge >= 0.3 is 0 Å². The van der Waals surface area contributed by atoms with E-state index >= 15 is 0 Å². The Balaban J connectivity index is 2.41. The summed E-state index contributed by atoms with van der Waals surface area (Å²) < 4.78 is 27.1. The van der Waals surface area contributed by atoms with E-state index in [-0.39, 0.29) is 18.0 Å². The van der Waals surface area contributed by atoms with E-state index in [1.165, 1.54) is 39.9 Å². The molecule has 0 saturated heterocycles. The number of hydrogen-bond acceptors (Lipinski definition) is 5. The van der Waals surface area contributed by atoms with Crippen molar-refractivity contribution >= 4 is 38.6 Å². The van der Waals surface area contributed by atoms with Gasteiger partial charge in [-0.2, -0.15) is 4.31 Å². The number of thiophene rings is 1. The summed E-state index contributed by atoms with van der Waals surface area (Å²) in [5, 5.41) is 11.0. The van der Waals surface area contributed by atoms with Crippen LogP contribution in [0.5, 0.6) is 0 Å². The van der Waals surface area contributed by atoms with Gasteiger partial charge < -0.3 is 0 Å². The van der Waals surface area contributed by atoms with E-state index in [9.17, 15) is 18.5 Å². The first-order chi connectivity index (χ1) is 10.4. The maximum atomic E-state index is 12.7. The van der Waals surface area contributed by atoms with Crippen LogP contribution in [0.15, 0.2) is 41.3 Å². The fourth-order valence-electron chi connectivity index (χ4n) is 1.94. The number of sulfonamides is 1. The van der Waals surface area contributed by atoms with Gasteiger partial charge in [-0.1, -0.05) is 30.7 Å². The topological polar surface area (TPSA) is 80.5 Å². The van der Waals surface area contributed by atoms with Crippen LogP contribution in [-0.2, 0) is 16.6 Å². The number of nitro benzene ring substituents is 1. The third-order valence-corrected chi connectivity index (χ3v) is 6.18. The molecule has 0 bridgehead atoms. The van der Waals surface area contributed by atoms with Gasteiger partial charge in [0.1, 0.15) is 0 Å². The number of hydrogen-bond donors (Lipinski definition) is 0. The monoisotopic (exact) mass is 360 g/mol. The molecule has 0 amide bonds. The van der Waals surface area contributed by atoms with Crippen molar-refractivity contribution in [2.75, 3.05) is 6.54 Å². The van der Waals surface area contributed by atoms with Crippen LogP contribution >= 0.6 is 22.9 Å². The second-order valence-electron chi connectivity index (χ2n) is 4.36. The Kier molecular flexibility index (Phi) is 5.17. The first kappa shape index (κ1) is 16.9. The third kappa shape index (κ3) is 3.46. The van der Waals surface area contributed by atoms with Crippen molar-refractivity contribution in [3.63, 3.8) is 0 Å². The van der Waals surface area contributed by atoms with Crippen molar-refractivity contribution in [2.24, 2.45) is 0 Å². The molecular formula is C13H13ClN2O4S2. The average molecular weight is 361 g/mol. The Bertz CT molecular complexity index is 789. The smallest absolute Gasteiger partial charge is 0.258 e. The summed E-state index contributed by atoms with van der Waals surface area (Å²) in [5.41, 5.74) is -0.426. The van der Waals surface area contributed by atoms with Crippen LogP contribution in [0, 0.1) is 10.1 Å². The van der Waals surface area contributed by atoms with Gasteiger partial charge in [-0.05, 0) is 18.2 Å². The Morgan fingerprint density at radius 1 is 1.27 bits per heavy atom. The first-order valence-electron chi connectivity index (χ1n) is 6.34. The molecule has 0 aliphatic carbocycles. The van der Waals surface area contributed by atoms with Crippen molar-refractivity contribution < 1.29 is 13.3 Å². The summed E-state index contributed by atoms with van der Waals surface area (Å²) in [7, 11) is -3.96. The second kappa shape index (κ2) is 6.74. The first-order valence-corrected chi connectivity index (χ1v) is 8.97. The predicted octanol–water partition coefficient (Wildman–Crippen LogP) is 3.52. The average Bonchev–Trinajstić information content (AvgIpc) is 2.89. The minimum atomic E-state index is -3.96. The fraction of sp³-hybridized carbons (Fsp3) is 0.231. The molecule has 0 N–H and O–H groups in total. The Labute approximate surface area is 137 Å². The van der Waals surface area contributed by atoms with Crippen molar-refractivity contribution in [3.05, 3.63) is 55.7 Å². The number of nitro groups is 1. The van der Waals surface area contributed by atoms with Gasteiger partial charge in [0.25, 0.3) is 5.69 Å². The lowest BCUT2D eigenvalue weighted by molar-refractivity contribution is -0.387. The van der Waals surface area contributed by atoms with E-state index in [0.717, 1.165) is 4.88 Å². The van der Waals surface area contributed by atoms with E-state index in [1.54, 1.807) is 19.1 Å². The van der Waals surface area contributed by atoms with Crippen LogP contribution in [0.2, 0.25) is 4.34 Å². The summed E-state index contributed by atoms with van der Waals surface area (Å²) in [6.07, 6.45) is 0. The van der Waals surface area contributed by atoms with Crippen molar-refractivity contribution in [1.82, 2.24) is 4.31 Å². The maximum Gasteiger partial charge on any atom is 0.289 e. The van der Waals surface area contributed by atoms with Crippen LogP contribution in [0.25, 0.3) is 0 Å². The Morgan fingerprint density at radius 2 is 1.95 bits per heavy atom. The summed E-state index contributed by atoms with van der Waals surface area (Å²) >= 11 is 7.13. The zero-order valence-electron chi connectivity index (χ0n) is 11.6.